The summed E-state index contributed by atoms with van der Waals surface area (Å²) in [6.07, 6.45) is -10.2. The highest BCUT2D eigenvalue weighted by atomic mass is 35.5. The molecular formula is C21H18ClF6N5O4. The number of benzene rings is 1. The van der Waals surface area contributed by atoms with Gasteiger partial charge in [0, 0.05) is 23.2 Å². The normalized spacial score (nSPS) is 14.4. The number of aliphatic carboxylic acids is 2. The maximum absolute atomic E-state index is 10.6. The quantitative estimate of drug-likeness (QED) is 0.355. The first-order chi connectivity index (χ1) is 17.0. The summed E-state index contributed by atoms with van der Waals surface area (Å²) >= 11 is 6.23. The third kappa shape index (κ3) is 7.80. The average Bonchev–Trinajstić information content (AvgIpc) is 3.17. The Kier molecular flexibility index (Phi) is 9.08. The van der Waals surface area contributed by atoms with Crippen molar-refractivity contribution in [2.45, 2.75) is 32.1 Å². The first kappa shape index (κ1) is 29.4. The van der Waals surface area contributed by atoms with Crippen LogP contribution in [0.2, 0.25) is 5.02 Å². The van der Waals surface area contributed by atoms with Crippen LogP contribution in [0, 0.1) is 6.92 Å². The number of alkyl halides is 6. The van der Waals surface area contributed by atoms with Gasteiger partial charge in [0.1, 0.15) is 11.5 Å². The molecule has 0 bridgehead atoms. The van der Waals surface area contributed by atoms with Crippen molar-refractivity contribution >= 4 is 29.2 Å². The van der Waals surface area contributed by atoms with Crippen LogP contribution >= 0.6 is 11.6 Å². The molecule has 0 unspecified atom stereocenters. The molecule has 0 spiro atoms. The van der Waals surface area contributed by atoms with Gasteiger partial charge in [-0.2, -0.15) is 26.3 Å². The van der Waals surface area contributed by atoms with E-state index in [-0.39, 0.29) is 5.92 Å². The van der Waals surface area contributed by atoms with Gasteiger partial charge in [-0.3, -0.25) is 4.57 Å². The SMILES string of the molecule is Cc1cccc(-c2nnc3n2-c2cc(Cl)ccc2NC[C@H]3C)n1.O=C(O)C(F)(F)F.O=C(O)C(F)(F)F. The largest absolute Gasteiger partial charge is 0.490 e. The fourth-order valence-corrected chi connectivity index (χ4v) is 3.05. The maximum atomic E-state index is 10.6. The standard InChI is InChI=1S/C17H16ClN5.2C2HF3O2/c1-10-9-19-13-7-6-12(18)8-15(13)23-16(10)21-22-17(23)14-5-3-4-11(2)20-14;2*3-2(4,5)1(6)7/h3-8,10,19H,9H2,1-2H3;2*(H,6,7)/t10-;;/m1../s1. The van der Waals surface area contributed by atoms with Gasteiger partial charge in [-0.05, 0) is 37.3 Å². The van der Waals surface area contributed by atoms with Crippen molar-refractivity contribution in [1.29, 1.82) is 0 Å². The Hall–Kier alpha value is -3.88. The molecule has 0 amide bonds. The lowest BCUT2D eigenvalue weighted by Gasteiger charge is -2.12. The summed E-state index contributed by atoms with van der Waals surface area (Å²) in [6.45, 7) is 4.90. The highest BCUT2D eigenvalue weighted by molar-refractivity contribution is 6.30. The number of carboxylic acid groups (broad SMARTS) is 2. The topological polar surface area (TPSA) is 130 Å². The zero-order valence-corrected chi connectivity index (χ0v) is 19.7. The predicted octanol–water partition coefficient (Wildman–Crippen LogP) is 5.09. The van der Waals surface area contributed by atoms with Crippen molar-refractivity contribution < 1.29 is 46.1 Å². The number of rotatable bonds is 1. The van der Waals surface area contributed by atoms with E-state index in [0.29, 0.717) is 5.02 Å². The first-order valence-corrected chi connectivity index (χ1v) is 10.4. The van der Waals surface area contributed by atoms with Crippen LogP contribution in [-0.2, 0) is 9.59 Å². The number of aromatic nitrogens is 4. The zero-order chi connectivity index (χ0) is 28.1. The van der Waals surface area contributed by atoms with E-state index < -0.39 is 24.3 Å². The molecular weight excluding hydrogens is 536 g/mol. The molecule has 4 rings (SSSR count). The summed E-state index contributed by atoms with van der Waals surface area (Å²) in [7, 11) is 0. The van der Waals surface area contributed by atoms with E-state index in [1.54, 1.807) is 0 Å². The summed E-state index contributed by atoms with van der Waals surface area (Å²) in [4.78, 5) is 22.4. The number of fused-ring (bicyclic) bond motifs is 3. The number of anilines is 1. The molecule has 0 saturated heterocycles. The second kappa shape index (κ2) is 11.5. The minimum absolute atomic E-state index is 0.229. The number of aryl methyl sites for hydroxylation is 1. The molecule has 1 aromatic carbocycles. The predicted molar refractivity (Wildman–Crippen MR) is 119 cm³/mol. The van der Waals surface area contributed by atoms with Crippen molar-refractivity contribution in [2.24, 2.45) is 0 Å². The first-order valence-electron chi connectivity index (χ1n) is 10.1. The second-order valence-corrected chi connectivity index (χ2v) is 7.87. The van der Waals surface area contributed by atoms with Gasteiger partial charge in [-0.1, -0.05) is 24.6 Å². The third-order valence-electron chi connectivity index (χ3n) is 4.53. The number of pyridine rings is 1. The number of hydrogen-bond donors (Lipinski definition) is 3. The molecule has 0 fully saturated rings. The Morgan fingerprint density at radius 1 is 1.03 bits per heavy atom. The summed E-state index contributed by atoms with van der Waals surface area (Å²) < 4.78 is 65.5. The van der Waals surface area contributed by atoms with E-state index >= 15 is 0 Å². The lowest BCUT2D eigenvalue weighted by molar-refractivity contribution is -0.193. The Balaban J connectivity index is 0.000000286. The molecule has 2 aromatic heterocycles. The van der Waals surface area contributed by atoms with E-state index in [1.165, 1.54) is 0 Å². The Bertz CT molecular complexity index is 1260. The maximum Gasteiger partial charge on any atom is 0.490 e. The monoisotopic (exact) mass is 553 g/mol. The summed E-state index contributed by atoms with van der Waals surface area (Å²) in [5, 5.41) is 27.2. The minimum Gasteiger partial charge on any atom is -0.475 e. The second-order valence-electron chi connectivity index (χ2n) is 7.43. The fraction of sp³-hybridized carbons (Fsp3) is 0.286. The molecule has 37 heavy (non-hydrogen) atoms. The number of carbonyl (C=O) groups is 2. The number of hydrogen-bond acceptors (Lipinski definition) is 6. The van der Waals surface area contributed by atoms with Crippen molar-refractivity contribution in [3.8, 4) is 17.2 Å². The van der Waals surface area contributed by atoms with Crippen LogP contribution in [0.5, 0.6) is 0 Å². The highest BCUT2D eigenvalue weighted by Gasteiger charge is 2.38. The molecule has 200 valence electrons. The molecule has 1 atom stereocenters. The van der Waals surface area contributed by atoms with Crippen LogP contribution in [0.3, 0.4) is 0 Å². The van der Waals surface area contributed by atoms with Crippen LogP contribution in [0.25, 0.3) is 17.2 Å². The van der Waals surface area contributed by atoms with Crippen LogP contribution in [-0.4, -0.2) is 60.8 Å². The molecule has 1 aliphatic rings. The van der Waals surface area contributed by atoms with E-state index in [1.807, 2.05) is 43.3 Å². The van der Waals surface area contributed by atoms with E-state index in [0.717, 1.165) is 41.0 Å². The number of carboxylic acids is 2. The Labute approximate surface area is 209 Å². The zero-order valence-electron chi connectivity index (χ0n) is 18.9. The van der Waals surface area contributed by atoms with Crippen LogP contribution in [0.15, 0.2) is 36.4 Å². The molecule has 0 saturated carbocycles. The summed E-state index contributed by atoms with van der Waals surface area (Å²) in [5.41, 5.74) is 3.74. The molecule has 0 radical (unpaired) electrons. The smallest absolute Gasteiger partial charge is 0.475 e. The lowest BCUT2D eigenvalue weighted by Crippen LogP contribution is -2.21. The Morgan fingerprint density at radius 2 is 1.59 bits per heavy atom. The van der Waals surface area contributed by atoms with Gasteiger partial charge in [0.05, 0.1) is 11.4 Å². The van der Waals surface area contributed by atoms with Gasteiger partial charge in [0.25, 0.3) is 0 Å². The molecule has 16 heteroatoms. The van der Waals surface area contributed by atoms with E-state index in [4.69, 9.17) is 31.4 Å². The molecule has 1 aliphatic heterocycles. The molecule has 3 N–H and O–H groups in total. The fourth-order valence-electron chi connectivity index (χ4n) is 2.88. The van der Waals surface area contributed by atoms with E-state index in [9.17, 15) is 26.3 Å². The van der Waals surface area contributed by atoms with E-state index in [2.05, 4.69) is 32.0 Å². The lowest BCUT2D eigenvalue weighted by atomic mass is 10.1. The van der Waals surface area contributed by atoms with Gasteiger partial charge >= 0.3 is 24.3 Å². The molecule has 0 aliphatic carbocycles. The van der Waals surface area contributed by atoms with Crippen LogP contribution in [0.1, 0.15) is 24.4 Å². The average molecular weight is 554 g/mol. The van der Waals surface area contributed by atoms with Gasteiger partial charge in [0.2, 0.25) is 0 Å². The molecule has 9 nitrogen and oxygen atoms in total. The summed E-state index contributed by atoms with van der Waals surface area (Å²) in [6, 6.07) is 11.7. The van der Waals surface area contributed by atoms with Crippen molar-refractivity contribution in [3.05, 3.63) is 52.9 Å². The minimum atomic E-state index is -5.08. The highest BCUT2D eigenvalue weighted by Crippen LogP contribution is 2.34. The number of halogens is 7. The number of nitrogens with one attached hydrogen (secondary N) is 1. The number of nitrogens with zero attached hydrogens (tertiary/aromatic N) is 4. The van der Waals surface area contributed by atoms with Gasteiger partial charge in [0.15, 0.2) is 5.82 Å². The molecule has 3 aromatic rings. The summed E-state index contributed by atoms with van der Waals surface area (Å²) in [5.74, 6) is -3.63. The van der Waals surface area contributed by atoms with Gasteiger partial charge < -0.3 is 15.5 Å². The van der Waals surface area contributed by atoms with Gasteiger partial charge in [-0.15, -0.1) is 10.2 Å². The van der Waals surface area contributed by atoms with Gasteiger partial charge in [-0.25, -0.2) is 14.6 Å². The Morgan fingerprint density at radius 3 is 2.11 bits per heavy atom. The van der Waals surface area contributed by atoms with Crippen LogP contribution < -0.4 is 5.32 Å². The van der Waals surface area contributed by atoms with Crippen molar-refractivity contribution in [3.63, 3.8) is 0 Å². The van der Waals surface area contributed by atoms with Crippen molar-refractivity contribution in [1.82, 2.24) is 19.7 Å². The van der Waals surface area contributed by atoms with Crippen LogP contribution in [0.4, 0.5) is 32.0 Å². The molecule has 3 heterocycles. The third-order valence-corrected chi connectivity index (χ3v) is 4.77. The van der Waals surface area contributed by atoms with Crippen molar-refractivity contribution in [2.75, 3.05) is 11.9 Å².